The SMILES string of the molecule is Cc1cc2c(NCC3CC3(C)C)nc(NN)nc2s1. The number of nitrogens with zero attached hydrogens (tertiary/aromatic N) is 2. The third kappa shape index (κ3) is 2.37. The molecule has 1 saturated carbocycles. The van der Waals surface area contributed by atoms with Crippen molar-refractivity contribution in [3.63, 3.8) is 0 Å². The van der Waals surface area contributed by atoms with Gasteiger partial charge in [-0.15, -0.1) is 11.3 Å². The van der Waals surface area contributed by atoms with Gasteiger partial charge in [-0.3, -0.25) is 5.43 Å². The van der Waals surface area contributed by atoms with E-state index in [4.69, 9.17) is 5.84 Å². The molecule has 2 aromatic heterocycles. The predicted octanol–water partition coefficient (Wildman–Crippen LogP) is 2.74. The van der Waals surface area contributed by atoms with Gasteiger partial charge in [0.15, 0.2) is 0 Å². The number of hydrogen-bond donors (Lipinski definition) is 3. The maximum Gasteiger partial charge on any atom is 0.240 e. The summed E-state index contributed by atoms with van der Waals surface area (Å²) >= 11 is 1.66. The van der Waals surface area contributed by atoms with Crippen LogP contribution in [0.2, 0.25) is 0 Å². The van der Waals surface area contributed by atoms with E-state index in [1.54, 1.807) is 11.3 Å². The standard InChI is InChI=1S/C13H19N5S/c1-7-4-9-10(15-6-8-5-13(8,2)3)16-12(18-14)17-11(9)19-7/h4,8H,5-6,14H2,1-3H3,(H2,15,16,17,18). The zero-order valence-corrected chi connectivity index (χ0v) is 12.3. The lowest BCUT2D eigenvalue weighted by Crippen LogP contribution is -2.13. The van der Waals surface area contributed by atoms with E-state index in [0.717, 1.165) is 28.5 Å². The number of thiophene rings is 1. The predicted molar refractivity (Wildman–Crippen MR) is 80.3 cm³/mol. The second-order valence-electron chi connectivity index (χ2n) is 5.89. The molecule has 5 nitrogen and oxygen atoms in total. The van der Waals surface area contributed by atoms with Crippen LogP contribution in [-0.2, 0) is 0 Å². The van der Waals surface area contributed by atoms with Gasteiger partial charge < -0.3 is 5.32 Å². The zero-order chi connectivity index (χ0) is 13.6. The van der Waals surface area contributed by atoms with Crippen LogP contribution in [0.5, 0.6) is 0 Å². The molecule has 0 saturated heterocycles. The molecule has 2 aromatic rings. The molecule has 0 radical (unpaired) electrons. The number of nitrogen functional groups attached to an aromatic ring is 1. The van der Waals surface area contributed by atoms with Crippen LogP contribution in [0.15, 0.2) is 6.07 Å². The number of aryl methyl sites for hydroxylation is 1. The highest BCUT2D eigenvalue weighted by atomic mass is 32.1. The number of nitrogens with one attached hydrogen (secondary N) is 2. The van der Waals surface area contributed by atoms with E-state index in [1.165, 1.54) is 11.3 Å². The summed E-state index contributed by atoms with van der Waals surface area (Å²) < 4.78 is 0. The van der Waals surface area contributed by atoms with E-state index >= 15 is 0 Å². The third-order valence-corrected chi connectivity index (χ3v) is 4.82. The summed E-state index contributed by atoms with van der Waals surface area (Å²) in [5, 5.41) is 4.54. The number of aromatic nitrogens is 2. The second-order valence-corrected chi connectivity index (χ2v) is 7.12. The van der Waals surface area contributed by atoms with Crippen LogP contribution >= 0.6 is 11.3 Å². The molecule has 0 amide bonds. The van der Waals surface area contributed by atoms with Crippen molar-refractivity contribution >= 4 is 33.3 Å². The Kier molecular flexibility index (Phi) is 2.87. The Morgan fingerprint density at radius 2 is 2.21 bits per heavy atom. The van der Waals surface area contributed by atoms with Gasteiger partial charge in [0.05, 0.1) is 5.39 Å². The van der Waals surface area contributed by atoms with E-state index in [0.29, 0.717) is 11.4 Å². The minimum absolute atomic E-state index is 0.465. The molecule has 0 spiro atoms. The Morgan fingerprint density at radius 3 is 2.84 bits per heavy atom. The maximum atomic E-state index is 5.43. The van der Waals surface area contributed by atoms with E-state index in [2.05, 4.69) is 47.5 Å². The normalized spacial score (nSPS) is 20.5. The quantitative estimate of drug-likeness (QED) is 0.592. The van der Waals surface area contributed by atoms with E-state index in [9.17, 15) is 0 Å². The van der Waals surface area contributed by atoms with Gasteiger partial charge in [0.25, 0.3) is 0 Å². The molecule has 0 aliphatic heterocycles. The monoisotopic (exact) mass is 277 g/mol. The molecule has 1 aliphatic carbocycles. The molecule has 1 unspecified atom stereocenters. The minimum Gasteiger partial charge on any atom is -0.369 e. The van der Waals surface area contributed by atoms with Crippen molar-refractivity contribution in [2.75, 3.05) is 17.3 Å². The number of hydrogen-bond acceptors (Lipinski definition) is 6. The average molecular weight is 277 g/mol. The second kappa shape index (κ2) is 4.31. The first-order chi connectivity index (χ1) is 8.99. The largest absolute Gasteiger partial charge is 0.369 e. The smallest absolute Gasteiger partial charge is 0.240 e. The number of fused-ring (bicyclic) bond motifs is 1. The lowest BCUT2D eigenvalue weighted by Gasteiger charge is -2.09. The van der Waals surface area contributed by atoms with Gasteiger partial charge in [-0.05, 0) is 30.7 Å². The molecule has 4 N–H and O–H groups in total. The van der Waals surface area contributed by atoms with Crippen molar-refractivity contribution in [3.8, 4) is 0 Å². The Morgan fingerprint density at radius 1 is 1.47 bits per heavy atom. The lowest BCUT2D eigenvalue weighted by molar-refractivity contribution is 0.573. The summed E-state index contributed by atoms with van der Waals surface area (Å²) in [6.45, 7) is 7.64. The van der Waals surface area contributed by atoms with Gasteiger partial charge in [0.2, 0.25) is 5.95 Å². The Labute approximate surface area is 116 Å². The molecule has 1 atom stereocenters. The molecule has 102 valence electrons. The molecule has 1 fully saturated rings. The third-order valence-electron chi connectivity index (χ3n) is 3.88. The molecule has 0 bridgehead atoms. The molecule has 1 aliphatic rings. The first-order valence-corrected chi connectivity index (χ1v) is 7.30. The summed E-state index contributed by atoms with van der Waals surface area (Å²) in [6, 6.07) is 2.13. The van der Waals surface area contributed by atoms with E-state index < -0.39 is 0 Å². The van der Waals surface area contributed by atoms with Crippen LogP contribution in [0.1, 0.15) is 25.1 Å². The van der Waals surface area contributed by atoms with Gasteiger partial charge >= 0.3 is 0 Å². The molecule has 0 aromatic carbocycles. The Hall–Kier alpha value is -1.40. The van der Waals surface area contributed by atoms with Crippen molar-refractivity contribution in [3.05, 3.63) is 10.9 Å². The van der Waals surface area contributed by atoms with Crippen molar-refractivity contribution in [1.29, 1.82) is 0 Å². The fraction of sp³-hybridized carbons (Fsp3) is 0.538. The summed E-state index contributed by atoms with van der Waals surface area (Å²) in [7, 11) is 0. The number of rotatable bonds is 4. The number of hydrazine groups is 1. The lowest BCUT2D eigenvalue weighted by atomic mass is 10.1. The molecule has 19 heavy (non-hydrogen) atoms. The minimum atomic E-state index is 0.465. The zero-order valence-electron chi connectivity index (χ0n) is 11.4. The first kappa shape index (κ1) is 12.6. The van der Waals surface area contributed by atoms with E-state index in [-0.39, 0.29) is 0 Å². The van der Waals surface area contributed by atoms with Crippen molar-refractivity contribution in [2.45, 2.75) is 27.2 Å². The maximum absolute atomic E-state index is 5.43. The van der Waals surface area contributed by atoms with Crippen molar-refractivity contribution in [2.24, 2.45) is 17.2 Å². The van der Waals surface area contributed by atoms with Gasteiger partial charge in [-0.1, -0.05) is 13.8 Å². The summed E-state index contributed by atoms with van der Waals surface area (Å²) in [5.41, 5.74) is 3.00. The van der Waals surface area contributed by atoms with Gasteiger partial charge in [-0.2, -0.15) is 4.98 Å². The summed E-state index contributed by atoms with van der Waals surface area (Å²) in [4.78, 5) is 11.0. The van der Waals surface area contributed by atoms with Gasteiger partial charge in [-0.25, -0.2) is 10.8 Å². The van der Waals surface area contributed by atoms with Crippen LogP contribution in [0, 0.1) is 18.3 Å². The number of anilines is 2. The fourth-order valence-corrected chi connectivity index (χ4v) is 3.27. The molecular formula is C13H19N5S. The highest BCUT2D eigenvalue weighted by Gasteiger charge is 2.45. The summed E-state index contributed by atoms with van der Waals surface area (Å²) in [5.74, 6) is 7.50. The van der Waals surface area contributed by atoms with Crippen LogP contribution < -0.4 is 16.6 Å². The van der Waals surface area contributed by atoms with Crippen molar-refractivity contribution < 1.29 is 0 Å². The van der Waals surface area contributed by atoms with Crippen LogP contribution in [0.4, 0.5) is 11.8 Å². The topological polar surface area (TPSA) is 75.9 Å². The van der Waals surface area contributed by atoms with Crippen molar-refractivity contribution in [1.82, 2.24) is 9.97 Å². The Bertz CT molecular complexity index is 619. The molecule has 6 heteroatoms. The van der Waals surface area contributed by atoms with Crippen LogP contribution in [0.25, 0.3) is 10.2 Å². The Balaban J connectivity index is 1.88. The molecule has 3 rings (SSSR count). The first-order valence-electron chi connectivity index (χ1n) is 6.48. The average Bonchev–Trinajstić information content (AvgIpc) is 2.79. The van der Waals surface area contributed by atoms with Crippen LogP contribution in [0.3, 0.4) is 0 Å². The summed E-state index contributed by atoms with van der Waals surface area (Å²) in [6.07, 6.45) is 1.28. The van der Waals surface area contributed by atoms with Gasteiger partial charge in [0, 0.05) is 11.4 Å². The number of nitrogens with two attached hydrogens (primary N) is 1. The molecule has 2 heterocycles. The highest BCUT2D eigenvalue weighted by Crippen LogP contribution is 2.51. The highest BCUT2D eigenvalue weighted by molar-refractivity contribution is 7.18. The van der Waals surface area contributed by atoms with E-state index in [1.807, 2.05) is 0 Å². The fourth-order valence-electron chi connectivity index (χ4n) is 2.39. The van der Waals surface area contributed by atoms with Crippen LogP contribution in [-0.4, -0.2) is 16.5 Å². The van der Waals surface area contributed by atoms with Gasteiger partial charge in [0.1, 0.15) is 10.6 Å². The molecular weight excluding hydrogens is 258 g/mol.